The molecule has 0 bridgehead atoms. The zero-order valence-corrected chi connectivity index (χ0v) is 15.9. The van der Waals surface area contributed by atoms with Gasteiger partial charge in [-0.05, 0) is 49.1 Å². The molecule has 1 aliphatic heterocycles. The minimum atomic E-state index is 0.0315. The van der Waals surface area contributed by atoms with E-state index in [1.54, 1.807) is 17.1 Å². The summed E-state index contributed by atoms with van der Waals surface area (Å²) in [7, 11) is 1.81. The predicted molar refractivity (Wildman–Crippen MR) is 104 cm³/mol. The topological polar surface area (TPSA) is 55.2 Å². The van der Waals surface area contributed by atoms with Crippen LogP contribution < -0.4 is 0 Å². The molecule has 2 unspecified atom stereocenters. The molecule has 0 saturated carbocycles. The van der Waals surface area contributed by atoms with E-state index in [0.717, 1.165) is 38.6 Å². The Hall–Kier alpha value is -2.43. The molecule has 2 heterocycles. The number of fused-ring (bicyclic) bond motifs is 1. The summed E-state index contributed by atoms with van der Waals surface area (Å²) in [5.41, 5.74) is 3.38. The number of amides is 1. The standard InChI is InChI=1S/C22H27N3O2/c1-24-15-18(14-23-24)21(26)13-19-9-5-11-25(19)22(27)12-17-8-4-7-16-6-2-3-10-20(16)17/h2-3,6,10,14-15,17,19H,4-5,7-9,11-13H2,1H3. The van der Waals surface area contributed by atoms with E-state index in [1.165, 1.54) is 11.1 Å². The molecule has 27 heavy (non-hydrogen) atoms. The molecule has 1 saturated heterocycles. The lowest BCUT2D eigenvalue weighted by molar-refractivity contribution is -0.132. The minimum Gasteiger partial charge on any atom is -0.339 e. The van der Waals surface area contributed by atoms with E-state index in [4.69, 9.17) is 0 Å². The molecule has 142 valence electrons. The highest BCUT2D eigenvalue weighted by molar-refractivity contribution is 5.96. The number of hydrogen-bond donors (Lipinski definition) is 0. The summed E-state index contributed by atoms with van der Waals surface area (Å²) in [6.45, 7) is 0.776. The molecule has 1 aliphatic carbocycles. The van der Waals surface area contributed by atoms with Gasteiger partial charge in [-0.25, -0.2) is 0 Å². The highest BCUT2D eigenvalue weighted by Gasteiger charge is 2.33. The van der Waals surface area contributed by atoms with E-state index in [-0.39, 0.29) is 17.7 Å². The molecule has 1 fully saturated rings. The predicted octanol–water partition coefficient (Wildman–Crippen LogP) is 3.49. The van der Waals surface area contributed by atoms with Crippen molar-refractivity contribution in [3.63, 3.8) is 0 Å². The molecular weight excluding hydrogens is 338 g/mol. The van der Waals surface area contributed by atoms with Gasteiger partial charge in [-0.2, -0.15) is 5.10 Å². The van der Waals surface area contributed by atoms with E-state index in [2.05, 4.69) is 29.4 Å². The average Bonchev–Trinajstić information content (AvgIpc) is 3.31. The van der Waals surface area contributed by atoms with E-state index in [1.807, 2.05) is 11.9 Å². The van der Waals surface area contributed by atoms with E-state index < -0.39 is 0 Å². The summed E-state index contributed by atoms with van der Waals surface area (Å²) < 4.78 is 1.64. The molecule has 5 nitrogen and oxygen atoms in total. The fourth-order valence-corrected chi connectivity index (χ4v) is 4.67. The second-order valence-corrected chi connectivity index (χ2v) is 7.91. The molecule has 5 heteroatoms. The molecule has 1 aromatic carbocycles. The highest BCUT2D eigenvalue weighted by atomic mass is 16.2. The summed E-state index contributed by atoms with van der Waals surface area (Å²) in [4.78, 5) is 27.6. The summed E-state index contributed by atoms with van der Waals surface area (Å²) in [5, 5.41) is 4.08. The molecule has 0 spiro atoms. The van der Waals surface area contributed by atoms with Crippen molar-refractivity contribution in [3.05, 3.63) is 53.3 Å². The summed E-state index contributed by atoms with van der Waals surface area (Å²) in [6, 6.07) is 8.57. The molecular formula is C22H27N3O2. The second-order valence-electron chi connectivity index (χ2n) is 7.91. The Morgan fingerprint density at radius 2 is 2.00 bits per heavy atom. The minimum absolute atomic E-state index is 0.0315. The zero-order valence-electron chi connectivity index (χ0n) is 15.9. The number of ketones is 1. The number of carbonyl (C=O) groups excluding carboxylic acids is 2. The number of carbonyl (C=O) groups is 2. The fourth-order valence-electron chi connectivity index (χ4n) is 4.67. The van der Waals surface area contributed by atoms with Crippen LogP contribution in [0.2, 0.25) is 0 Å². The van der Waals surface area contributed by atoms with Crippen molar-refractivity contribution in [2.75, 3.05) is 6.54 Å². The van der Waals surface area contributed by atoms with Crippen LogP contribution in [0.3, 0.4) is 0 Å². The van der Waals surface area contributed by atoms with Gasteiger partial charge in [0.25, 0.3) is 0 Å². The third kappa shape index (κ3) is 3.82. The molecule has 4 rings (SSSR count). The first kappa shape index (κ1) is 18.0. The van der Waals surface area contributed by atoms with Crippen molar-refractivity contribution < 1.29 is 9.59 Å². The molecule has 1 aromatic heterocycles. The smallest absolute Gasteiger partial charge is 0.223 e. The Balaban J connectivity index is 1.42. The van der Waals surface area contributed by atoms with Crippen LogP contribution in [-0.2, 0) is 18.3 Å². The van der Waals surface area contributed by atoms with E-state index in [9.17, 15) is 9.59 Å². The maximum absolute atomic E-state index is 13.1. The lowest BCUT2D eigenvalue weighted by atomic mass is 9.81. The molecule has 1 amide bonds. The lowest BCUT2D eigenvalue weighted by Crippen LogP contribution is -2.37. The van der Waals surface area contributed by atoms with Crippen molar-refractivity contribution in [2.24, 2.45) is 7.05 Å². The Morgan fingerprint density at radius 1 is 1.15 bits per heavy atom. The van der Waals surface area contributed by atoms with Gasteiger partial charge in [0.15, 0.2) is 5.78 Å². The SMILES string of the molecule is Cn1cc(C(=O)CC2CCCN2C(=O)CC2CCCc3ccccc32)cn1. The number of hydrogen-bond acceptors (Lipinski definition) is 3. The number of rotatable bonds is 5. The quantitative estimate of drug-likeness (QED) is 0.762. The largest absolute Gasteiger partial charge is 0.339 e. The van der Waals surface area contributed by atoms with Crippen molar-refractivity contribution in [1.29, 1.82) is 0 Å². The number of Topliss-reactive ketones (excluding diaryl/α,β-unsaturated/α-hetero) is 1. The summed E-state index contributed by atoms with van der Waals surface area (Å²) in [6.07, 6.45) is 9.58. The normalized spacial score (nSPS) is 21.9. The molecule has 0 N–H and O–H groups in total. The third-order valence-corrected chi connectivity index (χ3v) is 6.06. The van der Waals surface area contributed by atoms with Crippen molar-refractivity contribution in [1.82, 2.24) is 14.7 Å². The number of aryl methyl sites for hydroxylation is 2. The Morgan fingerprint density at radius 3 is 2.81 bits per heavy atom. The van der Waals surface area contributed by atoms with Gasteiger partial charge >= 0.3 is 0 Å². The first-order valence-electron chi connectivity index (χ1n) is 10.0. The van der Waals surface area contributed by atoms with Gasteiger partial charge in [-0.1, -0.05) is 24.3 Å². The van der Waals surface area contributed by atoms with Crippen LogP contribution in [0.15, 0.2) is 36.7 Å². The van der Waals surface area contributed by atoms with E-state index in [0.29, 0.717) is 24.3 Å². The van der Waals surface area contributed by atoms with Crippen LogP contribution >= 0.6 is 0 Å². The van der Waals surface area contributed by atoms with Gasteiger partial charge in [-0.15, -0.1) is 0 Å². The van der Waals surface area contributed by atoms with Crippen molar-refractivity contribution in [3.8, 4) is 0 Å². The maximum atomic E-state index is 13.1. The summed E-state index contributed by atoms with van der Waals surface area (Å²) >= 11 is 0. The Kier molecular flexibility index (Phi) is 5.10. The van der Waals surface area contributed by atoms with Crippen LogP contribution in [0, 0.1) is 0 Å². The number of likely N-dealkylation sites (tertiary alicyclic amines) is 1. The van der Waals surface area contributed by atoms with Crippen LogP contribution in [0.1, 0.15) is 65.9 Å². The van der Waals surface area contributed by atoms with E-state index >= 15 is 0 Å². The van der Waals surface area contributed by atoms with Gasteiger partial charge in [0.05, 0.1) is 11.8 Å². The van der Waals surface area contributed by atoms with Gasteiger partial charge in [0, 0.05) is 38.7 Å². The molecule has 2 aliphatic rings. The van der Waals surface area contributed by atoms with Crippen molar-refractivity contribution >= 4 is 11.7 Å². The molecule has 0 radical (unpaired) electrons. The van der Waals surface area contributed by atoms with Crippen LogP contribution in [-0.4, -0.2) is 39.0 Å². The number of nitrogens with zero attached hydrogens (tertiary/aromatic N) is 3. The maximum Gasteiger partial charge on any atom is 0.223 e. The van der Waals surface area contributed by atoms with Crippen molar-refractivity contribution in [2.45, 2.75) is 56.9 Å². The van der Waals surface area contributed by atoms with Gasteiger partial charge in [0.2, 0.25) is 5.91 Å². The first-order chi connectivity index (χ1) is 13.1. The monoisotopic (exact) mass is 365 g/mol. The lowest BCUT2D eigenvalue weighted by Gasteiger charge is -2.29. The Labute approximate surface area is 160 Å². The fraction of sp³-hybridized carbons (Fsp3) is 0.500. The third-order valence-electron chi connectivity index (χ3n) is 6.06. The van der Waals surface area contributed by atoms with Crippen LogP contribution in [0.25, 0.3) is 0 Å². The van der Waals surface area contributed by atoms with Crippen LogP contribution in [0.5, 0.6) is 0 Å². The van der Waals surface area contributed by atoms with Crippen LogP contribution in [0.4, 0.5) is 0 Å². The number of aromatic nitrogens is 2. The Bertz CT molecular complexity index is 842. The van der Waals surface area contributed by atoms with Gasteiger partial charge < -0.3 is 4.90 Å². The molecule has 2 aromatic rings. The highest BCUT2D eigenvalue weighted by Crippen LogP contribution is 2.35. The second kappa shape index (κ2) is 7.67. The average molecular weight is 365 g/mol. The first-order valence-corrected chi connectivity index (χ1v) is 10.0. The van der Waals surface area contributed by atoms with Gasteiger partial charge in [0.1, 0.15) is 0 Å². The molecule has 2 atom stereocenters. The zero-order chi connectivity index (χ0) is 18.8. The number of benzene rings is 1. The van der Waals surface area contributed by atoms with Gasteiger partial charge in [-0.3, -0.25) is 14.3 Å². The summed E-state index contributed by atoms with van der Waals surface area (Å²) in [5.74, 6) is 0.603.